The maximum absolute atomic E-state index is 11.9. The normalized spacial score (nSPS) is 12.1. The fourth-order valence-corrected chi connectivity index (χ4v) is 4.90. The van der Waals surface area contributed by atoms with Gasteiger partial charge in [-0.05, 0) is 32.3 Å². The summed E-state index contributed by atoms with van der Waals surface area (Å²) in [6.07, 6.45) is 24.6. The molecule has 0 aliphatic carbocycles. The maximum atomic E-state index is 11.9. The van der Waals surface area contributed by atoms with Gasteiger partial charge in [-0.25, -0.2) is 0 Å². The number of anilines is 1. The predicted molar refractivity (Wildman–Crippen MR) is 154 cm³/mol. The molecule has 4 heteroatoms. The topological polar surface area (TPSA) is 29.5 Å². The van der Waals surface area contributed by atoms with E-state index in [1.807, 2.05) is 23.1 Å². The van der Waals surface area contributed by atoms with Crippen LogP contribution in [0.5, 0.6) is 0 Å². The zero-order valence-electron chi connectivity index (χ0n) is 23.0. The fraction of sp³-hybridized carbons (Fsp3) is 0.774. The van der Waals surface area contributed by atoms with Crippen LogP contribution in [0.1, 0.15) is 135 Å². The van der Waals surface area contributed by atoms with E-state index in [1.54, 1.807) is 0 Å². The first kappa shape index (κ1) is 32.0. The maximum Gasteiger partial charge on any atom is 0.214 e. The molecule has 3 nitrogen and oxygen atoms in total. The Labute approximate surface area is 222 Å². The summed E-state index contributed by atoms with van der Waals surface area (Å²) in [5.74, 6) is 0.676. The third kappa shape index (κ3) is 16.3. The number of hydrogen-bond acceptors (Lipinski definition) is 2. The van der Waals surface area contributed by atoms with E-state index in [9.17, 15) is 4.79 Å². The van der Waals surface area contributed by atoms with Gasteiger partial charge in [0, 0.05) is 29.8 Å². The number of nitrogens with zero attached hydrogens (tertiary/aromatic N) is 1. The van der Waals surface area contributed by atoms with Gasteiger partial charge < -0.3 is 9.64 Å². The van der Waals surface area contributed by atoms with Gasteiger partial charge in [-0.1, -0.05) is 121 Å². The number of alkyl halides is 1. The molecule has 0 bridgehead atoms. The van der Waals surface area contributed by atoms with Crippen molar-refractivity contribution in [3.63, 3.8) is 0 Å². The lowest BCUT2D eigenvalue weighted by Gasteiger charge is -2.27. The van der Waals surface area contributed by atoms with Crippen molar-refractivity contribution in [2.45, 2.75) is 142 Å². The lowest BCUT2D eigenvalue weighted by molar-refractivity contribution is -0.107. The first-order chi connectivity index (χ1) is 17.2. The molecule has 0 N–H and O–H groups in total. The largest absolute Gasteiger partial charge is 0.377 e. The summed E-state index contributed by atoms with van der Waals surface area (Å²) in [4.78, 5) is 13.8. The number of benzene rings is 1. The molecule has 1 aromatic carbocycles. The van der Waals surface area contributed by atoms with Gasteiger partial charge >= 0.3 is 0 Å². The second kappa shape index (κ2) is 23.3. The fourth-order valence-electron chi connectivity index (χ4n) is 4.71. The van der Waals surface area contributed by atoms with Gasteiger partial charge in [0.25, 0.3) is 0 Å². The molecule has 0 saturated carbocycles. The first-order valence-corrected chi connectivity index (χ1v) is 15.2. The molecule has 0 radical (unpaired) electrons. The van der Waals surface area contributed by atoms with Gasteiger partial charge in [0.2, 0.25) is 6.41 Å². The highest BCUT2D eigenvalue weighted by atomic mass is 35.5. The van der Waals surface area contributed by atoms with Crippen molar-refractivity contribution >= 4 is 23.7 Å². The Morgan fingerprint density at radius 3 is 1.89 bits per heavy atom. The Hall–Kier alpha value is -1.06. The van der Waals surface area contributed by atoms with Crippen molar-refractivity contribution in [2.75, 3.05) is 17.4 Å². The highest BCUT2D eigenvalue weighted by molar-refractivity contribution is 6.17. The summed E-state index contributed by atoms with van der Waals surface area (Å²) in [6.45, 7) is 5.69. The zero-order valence-corrected chi connectivity index (χ0v) is 23.7. The molecule has 202 valence electrons. The van der Waals surface area contributed by atoms with Crippen molar-refractivity contribution in [3.05, 3.63) is 29.8 Å². The summed E-state index contributed by atoms with van der Waals surface area (Å²) in [5, 5.41) is 0. The van der Waals surface area contributed by atoms with Gasteiger partial charge in [0.1, 0.15) is 0 Å². The molecular formula is C31H54ClNO2. The van der Waals surface area contributed by atoms with Crippen LogP contribution in [0.25, 0.3) is 0 Å². The minimum absolute atomic E-state index is 0.201. The van der Waals surface area contributed by atoms with Crippen LogP contribution >= 0.6 is 11.6 Å². The number of halogens is 1. The Kier molecular flexibility index (Phi) is 21.3. The lowest BCUT2D eigenvalue weighted by atomic mass is 10.0. The minimum Gasteiger partial charge on any atom is -0.377 e. The van der Waals surface area contributed by atoms with Crippen LogP contribution in [0.15, 0.2) is 24.3 Å². The smallest absolute Gasteiger partial charge is 0.214 e. The molecule has 1 unspecified atom stereocenters. The number of carbonyl (C=O) groups is 1. The molecule has 0 fully saturated rings. The lowest BCUT2D eigenvalue weighted by Crippen LogP contribution is -2.32. The van der Waals surface area contributed by atoms with E-state index in [0.29, 0.717) is 19.1 Å². The molecule has 1 amide bonds. The highest BCUT2D eigenvalue weighted by Crippen LogP contribution is 2.24. The Morgan fingerprint density at radius 2 is 1.34 bits per heavy atom. The van der Waals surface area contributed by atoms with E-state index >= 15 is 0 Å². The molecule has 0 heterocycles. The number of ether oxygens (including phenoxy) is 1. The van der Waals surface area contributed by atoms with E-state index in [4.69, 9.17) is 16.3 Å². The van der Waals surface area contributed by atoms with Crippen LogP contribution in [0.2, 0.25) is 0 Å². The monoisotopic (exact) mass is 507 g/mol. The standard InChI is InChI=1S/C31H54ClNO2/c1-3-4-5-6-7-8-9-10-11-12-13-14-15-16-17-22-29(2)33(28-34)31-24-19-18-23-30(31)27-35-26-21-20-25-32/h18-19,23-24,28-29H,3-17,20-22,25-27H2,1-2H3. The zero-order chi connectivity index (χ0) is 25.4. The van der Waals surface area contributed by atoms with Gasteiger partial charge in [0.05, 0.1) is 6.61 Å². The van der Waals surface area contributed by atoms with Crippen molar-refractivity contribution in [3.8, 4) is 0 Å². The number of amides is 1. The molecular weight excluding hydrogens is 454 g/mol. The Bertz CT molecular complexity index is 609. The highest BCUT2D eigenvalue weighted by Gasteiger charge is 2.16. The molecule has 1 aromatic rings. The number of para-hydroxylation sites is 1. The van der Waals surface area contributed by atoms with Crippen LogP contribution < -0.4 is 4.90 Å². The second-order valence-electron chi connectivity index (χ2n) is 10.2. The number of rotatable bonds is 25. The minimum atomic E-state index is 0.201. The van der Waals surface area contributed by atoms with Crippen molar-refractivity contribution in [2.24, 2.45) is 0 Å². The van der Waals surface area contributed by atoms with Gasteiger partial charge in [0.15, 0.2) is 0 Å². The molecule has 0 aliphatic rings. The van der Waals surface area contributed by atoms with Crippen molar-refractivity contribution in [1.29, 1.82) is 0 Å². The molecule has 0 aliphatic heterocycles. The van der Waals surface area contributed by atoms with E-state index < -0.39 is 0 Å². The van der Waals surface area contributed by atoms with Crippen LogP contribution in [0.4, 0.5) is 5.69 Å². The summed E-state index contributed by atoms with van der Waals surface area (Å²) in [5.41, 5.74) is 2.06. The number of hydrogen-bond donors (Lipinski definition) is 0. The molecule has 0 aromatic heterocycles. The van der Waals surface area contributed by atoms with E-state index in [1.165, 1.54) is 96.3 Å². The summed E-state index contributed by atoms with van der Waals surface area (Å²) in [6, 6.07) is 8.32. The summed E-state index contributed by atoms with van der Waals surface area (Å²) in [7, 11) is 0. The van der Waals surface area contributed by atoms with Crippen LogP contribution in [-0.4, -0.2) is 24.9 Å². The molecule has 35 heavy (non-hydrogen) atoms. The van der Waals surface area contributed by atoms with E-state index in [2.05, 4.69) is 19.9 Å². The number of carbonyl (C=O) groups excluding carboxylic acids is 1. The van der Waals surface area contributed by atoms with Crippen molar-refractivity contribution in [1.82, 2.24) is 0 Å². The van der Waals surface area contributed by atoms with Gasteiger partial charge in [-0.3, -0.25) is 4.79 Å². The molecule has 1 rings (SSSR count). The Balaban J connectivity index is 2.14. The van der Waals surface area contributed by atoms with Gasteiger partial charge in [-0.2, -0.15) is 0 Å². The molecule has 0 spiro atoms. The number of unbranched alkanes of at least 4 members (excludes halogenated alkanes) is 15. The SMILES string of the molecule is CCCCCCCCCCCCCCCCCC(C)N(C=O)c1ccccc1COCCCCCl. The van der Waals surface area contributed by atoms with Gasteiger partial charge in [-0.15, -0.1) is 11.6 Å². The van der Waals surface area contributed by atoms with E-state index in [0.717, 1.165) is 36.9 Å². The average molecular weight is 508 g/mol. The van der Waals surface area contributed by atoms with Crippen LogP contribution in [0.3, 0.4) is 0 Å². The molecule has 0 saturated heterocycles. The van der Waals surface area contributed by atoms with Crippen molar-refractivity contribution < 1.29 is 9.53 Å². The quantitative estimate of drug-likeness (QED) is 0.0748. The van der Waals surface area contributed by atoms with E-state index in [-0.39, 0.29) is 6.04 Å². The summed E-state index contributed by atoms with van der Waals surface area (Å²) < 4.78 is 5.83. The predicted octanol–water partition coefficient (Wildman–Crippen LogP) is 9.83. The van der Waals surface area contributed by atoms with Crippen LogP contribution in [-0.2, 0) is 16.1 Å². The first-order valence-electron chi connectivity index (χ1n) is 14.7. The second-order valence-corrected chi connectivity index (χ2v) is 10.6. The summed E-state index contributed by atoms with van der Waals surface area (Å²) >= 11 is 5.74. The average Bonchev–Trinajstić information content (AvgIpc) is 2.87. The third-order valence-electron chi connectivity index (χ3n) is 7.01. The Morgan fingerprint density at radius 1 is 0.800 bits per heavy atom. The molecule has 1 atom stereocenters. The third-order valence-corrected chi connectivity index (χ3v) is 7.28. The van der Waals surface area contributed by atoms with Crippen LogP contribution in [0, 0.1) is 0 Å².